The molecule has 0 saturated carbocycles. The number of rotatable bonds is 9. The van der Waals surface area contributed by atoms with E-state index >= 15 is 4.39 Å². The molecule has 1 aromatic carbocycles. The monoisotopic (exact) mass is 474 g/mol. The average molecular weight is 475 g/mol. The van der Waals surface area contributed by atoms with E-state index < -0.39 is 17.5 Å². The van der Waals surface area contributed by atoms with Crippen LogP contribution >= 0.6 is 0 Å². The summed E-state index contributed by atoms with van der Waals surface area (Å²) in [6, 6.07) is 0. The largest absolute Gasteiger partial charge is 0.206 e. The highest BCUT2D eigenvalue weighted by atomic mass is 19.2. The van der Waals surface area contributed by atoms with Crippen molar-refractivity contribution in [2.75, 3.05) is 0 Å². The highest BCUT2D eigenvalue weighted by Crippen LogP contribution is 2.39. The maximum atomic E-state index is 15.2. The smallest absolute Gasteiger partial charge is 0.167 e. The van der Waals surface area contributed by atoms with Gasteiger partial charge in [0.1, 0.15) is 5.82 Å². The van der Waals surface area contributed by atoms with Crippen molar-refractivity contribution in [2.24, 2.45) is 5.92 Å². The molecule has 0 heterocycles. The minimum absolute atomic E-state index is 0.0486. The SMILES string of the molecule is C=C/C=C\C1=C(c2c(C)c(F)c(C)c(F)c2F)C(C)=CC=CC1/C=C/C=C\C=C\C=C/C=C\CC. The second-order valence-electron chi connectivity index (χ2n) is 8.13. The summed E-state index contributed by atoms with van der Waals surface area (Å²) in [6.07, 6.45) is 31.4. The summed E-state index contributed by atoms with van der Waals surface area (Å²) < 4.78 is 44.6. The van der Waals surface area contributed by atoms with E-state index in [0.29, 0.717) is 11.1 Å². The summed E-state index contributed by atoms with van der Waals surface area (Å²) in [7, 11) is 0. The van der Waals surface area contributed by atoms with Gasteiger partial charge in [-0.05, 0) is 49.5 Å². The zero-order chi connectivity index (χ0) is 25.8. The van der Waals surface area contributed by atoms with Crippen LogP contribution in [-0.4, -0.2) is 0 Å². The zero-order valence-electron chi connectivity index (χ0n) is 20.9. The molecule has 0 amide bonds. The van der Waals surface area contributed by atoms with Gasteiger partial charge < -0.3 is 0 Å². The lowest BCUT2D eigenvalue weighted by molar-refractivity contribution is 0.480. The molecule has 1 atom stereocenters. The molecule has 1 unspecified atom stereocenters. The van der Waals surface area contributed by atoms with Crippen LogP contribution in [0.25, 0.3) is 5.57 Å². The lowest BCUT2D eigenvalue weighted by atomic mass is 9.84. The lowest BCUT2D eigenvalue weighted by Crippen LogP contribution is -2.08. The number of allylic oxidation sites excluding steroid dienone is 19. The van der Waals surface area contributed by atoms with Gasteiger partial charge in [-0.25, -0.2) is 13.2 Å². The third-order valence-corrected chi connectivity index (χ3v) is 5.61. The van der Waals surface area contributed by atoms with E-state index in [1.165, 1.54) is 13.8 Å². The number of halogens is 3. The summed E-state index contributed by atoms with van der Waals surface area (Å²) in [4.78, 5) is 0. The quantitative estimate of drug-likeness (QED) is 0.247. The third kappa shape index (κ3) is 7.19. The van der Waals surface area contributed by atoms with Gasteiger partial charge in [-0.2, -0.15) is 0 Å². The van der Waals surface area contributed by atoms with Gasteiger partial charge in [0.25, 0.3) is 0 Å². The normalized spacial score (nSPS) is 17.3. The Morgan fingerprint density at radius 3 is 2.06 bits per heavy atom. The summed E-state index contributed by atoms with van der Waals surface area (Å²) in [5.74, 6) is -3.17. The first kappa shape index (κ1) is 27.7. The average Bonchev–Trinajstić information content (AvgIpc) is 3.00. The predicted octanol–water partition coefficient (Wildman–Crippen LogP) is 9.54. The first-order chi connectivity index (χ1) is 16.8. The highest BCUT2D eigenvalue weighted by molar-refractivity contribution is 5.86. The van der Waals surface area contributed by atoms with Crippen LogP contribution in [0, 0.1) is 37.2 Å². The molecule has 1 aliphatic carbocycles. The fraction of sp³-hybridized carbons (Fsp3) is 0.188. The standard InChI is InChI=1S/C32H33F3/c1-6-8-10-11-12-13-14-15-16-17-20-26-21-18-19-23(3)28(27(26)22-9-7-2)29-24(4)30(33)25(5)31(34)32(29)35/h7-22,26H,2,6H2,1,3-5H3/b10-8-,12-11-,14-13+,16-15-,20-17+,22-9-. The molecule has 0 fully saturated rings. The number of hydrogen-bond acceptors (Lipinski definition) is 0. The van der Waals surface area contributed by atoms with Crippen molar-refractivity contribution < 1.29 is 13.2 Å². The number of benzene rings is 1. The fourth-order valence-corrected chi connectivity index (χ4v) is 3.78. The van der Waals surface area contributed by atoms with E-state index in [2.05, 4.69) is 19.6 Å². The van der Waals surface area contributed by atoms with Crippen molar-refractivity contribution in [3.8, 4) is 0 Å². The minimum Gasteiger partial charge on any atom is -0.206 e. The maximum absolute atomic E-state index is 15.2. The maximum Gasteiger partial charge on any atom is 0.167 e. The molecule has 0 aromatic heterocycles. The second-order valence-corrected chi connectivity index (χ2v) is 8.13. The van der Waals surface area contributed by atoms with Gasteiger partial charge in [0.2, 0.25) is 0 Å². The molecular weight excluding hydrogens is 441 g/mol. The lowest BCUT2D eigenvalue weighted by Gasteiger charge is -2.20. The Bertz CT molecular complexity index is 1160. The first-order valence-electron chi connectivity index (χ1n) is 11.7. The Hall–Kier alpha value is -3.59. The summed E-state index contributed by atoms with van der Waals surface area (Å²) in [6.45, 7) is 10.4. The second kappa shape index (κ2) is 14.0. The molecule has 0 nitrogen and oxygen atoms in total. The Morgan fingerprint density at radius 1 is 0.800 bits per heavy atom. The Morgan fingerprint density at radius 2 is 1.43 bits per heavy atom. The first-order valence-corrected chi connectivity index (χ1v) is 11.7. The van der Waals surface area contributed by atoms with Crippen LogP contribution in [0.3, 0.4) is 0 Å². The van der Waals surface area contributed by atoms with E-state index in [1.54, 1.807) is 12.2 Å². The van der Waals surface area contributed by atoms with Gasteiger partial charge in [-0.15, -0.1) is 0 Å². The van der Waals surface area contributed by atoms with Gasteiger partial charge in [0.15, 0.2) is 11.6 Å². The zero-order valence-corrected chi connectivity index (χ0v) is 20.9. The van der Waals surface area contributed by atoms with Gasteiger partial charge in [-0.1, -0.05) is 111 Å². The summed E-state index contributed by atoms with van der Waals surface area (Å²) >= 11 is 0. The van der Waals surface area contributed by atoms with Crippen LogP contribution in [0.4, 0.5) is 13.2 Å². The Labute approximate surface area is 208 Å². The highest BCUT2D eigenvalue weighted by Gasteiger charge is 2.26. The van der Waals surface area contributed by atoms with Crippen molar-refractivity contribution >= 4 is 5.57 Å². The van der Waals surface area contributed by atoms with Crippen LogP contribution in [0.5, 0.6) is 0 Å². The van der Waals surface area contributed by atoms with Crippen molar-refractivity contribution in [1.82, 2.24) is 0 Å². The van der Waals surface area contributed by atoms with Gasteiger partial charge in [0, 0.05) is 17.0 Å². The van der Waals surface area contributed by atoms with Crippen molar-refractivity contribution in [3.05, 3.63) is 149 Å². The fourth-order valence-electron chi connectivity index (χ4n) is 3.78. The molecule has 0 radical (unpaired) electrons. The molecule has 35 heavy (non-hydrogen) atoms. The van der Waals surface area contributed by atoms with E-state index in [-0.39, 0.29) is 22.6 Å². The molecule has 0 N–H and O–H groups in total. The molecule has 2 rings (SSSR count). The molecule has 1 aliphatic rings. The summed E-state index contributed by atoms with van der Waals surface area (Å²) in [5.41, 5.74) is 1.64. The molecule has 0 aliphatic heterocycles. The van der Waals surface area contributed by atoms with Crippen molar-refractivity contribution in [3.63, 3.8) is 0 Å². The van der Waals surface area contributed by atoms with E-state index in [9.17, 15) is 8.78 Å². The van der Waals surface area contributed by atoms with E-state index in [1.807, 2.05) is 85.9 Å². The Kier molecular flexibility index (Phi) is 11.0. The van der Waals surface area contributed by atoms with Gasteiger partial charge in [-0.3, -0.25) is 0 Å². The summed E-state index contributed by atoms with van der Waals surface area (Å²) in [5, 5.41) is 0. The molecule has 182 valence electrons. The molecular formula is C32H33F3. The van der Waals surface area contributed by atoms with Gasteiger partial charge >= 0.3 is 0 Å². The molecule has 1 aromatic rings. The minimum atomic E-state index is -1.16. The molecule has 0 bridgehead atoms. The van der Waals surface area contributed by atoms with E-state index in [0.717, 1.165) is 12.0 Å². The van der Waals surface area contributed by atoms with Crippen LogP contribution in [-0.2, 0) is 0 Å². The molecule has 0 spiro atoms. The van der Waals surface area contributed by atoms with Crippen molar-refractivity contribution in [2.45, 2.75) is 34.1 Å². The van der Waals surface area contributed by atoms with Crippen LogP contribution < -0.4 is 0 Å². The third-order valence-electron chi connectivity index (χ3n) is 5.61. The topological polar surface area (TPSA) is 0 Å². The van der Waals surface area contributed by atoms with E-state index in [4.69, 9.17) is 0 Å². The predicted molar refractivity (Wildman–Crippen MR) is 144 cm³/mol. The number of hydrogen-bond donors (Lipinski definition) is 0. The van der Waals surface area contributed by atoms with Crippen LogP contribution in [0.1, 0.15) is 37.0 Å². The molecule has 3 heteroatoms. The Balaban J connectivity index is 2.52. The van der Waals surface area contributed by atoms with Gasteiger partial charge in [0.05, 0.1) is 0 Å². The van der Waals surface area contributed by atoms with Crippen molar-refractivity contribution in [1.29, 1.82) is 0 Å². The van der Waals surface area contributed by atoms with Crippen LogP contribution in [0.2, 0.25) is 0 Å². The van der Waals surface area contributed by atoms with Crippen LogP contribution in [0.15, 0.2) is 115 Å². The molecule has 0 saturated heterocycles.